The molecule has 0 bridgehead atoms. The summed E-state index contributed by atoms with van der Waals surface area (Å²) in [5.74, 6) is -0.459. The Morgan fingerprint density at radius 3 is 2.31 bits per heavy atom. The zero-order valence-electron chi connectivity index (χ0n) is 15.7. The fourth-order valence-corrected chi connectivity index (χ4v) is 6.10. The van der Waals surface area contributed by atoms with Crippen molar-refractivity contribution >= 4 is 34.6 Å². The number of hydrogen-bond acceptors (Lipinski definition) is 13. The molecule has 18 nitrogen and oxygen atoms in total. The highest BCUT2D eigenvalue weighted by Crippen LogP contribution is 2.66. The van der Waals surface area contributed by atoms with E-state index in [1.165, 1.54) is 0 Å². The molecule has 7 atom stereocenters. The average Bonchev–Trinajstić information content (AvgIpc) is 3.14. The number of aromatic hydroxyl groups is 1. The van der Waals surface area contributed by atoms with Gasteiger partial charge >= 0.3 is 23.5 Å². The fraction of sp³-hybridized carbons (Fsp3) is 0.545. The third kappa shape index (κ3) is 5.58. The van der Waals surface area contributed by atoms with Gasteiger partial charge in [-0.05, 0) is 6.92 Å². The quantitative estimate of drug-likeness (QED) is 0.202. The summed E-state index contributed by atoms with van der Waals surface area (Å²) in [6.07, 6.45) is -5.72. The minimum Gasteiger partial charge on any atom is -0.492 e. The van der Waals surface area contributed by atoms with Gasteiger partial charge in [0, 0.05) is 0 Å². The van der Waals surface area contributed by atoms with E-state index in [1.54, 1.807) is 0 Å². The minimum atomic E-state index is -5.74. The van der Waals surface area contributed by atoms with Crippen molar-refractivity contribution in [1.82, 2.24) is 19.5 Å². The molecular formula is C11H17N4O14P3. The molecule has 3 rings (SSSR count). The summed E-state index contributed by atoms with van der Waals surface area (Å²) in [6, 6.07) is 0. The topological polar surface area (TPSA) is 273 Å². The van der Waals surface area contributed by atoms with Gasteiger partial charge in [-0.1, -0.05) is 0 Å². The lowest BCUT2D eigenvalue weighted by atomic mass is 10.1. The smallest absolute Gasteiger partial charge is 0.490 e. The van der Waals surface area contributed by atoms with Crippen molar-refractivity contribution in [2.24, 2.45) is 0 Å². The first kappa shape index (κ1) is 25.3. The predicted octanol–water partition coefficient (Wildman–Crippen LogP) is -1.12. The van der Waals surface area contributed by atoms with Gasteiger partial charge in [0.1, 0.15) is 24.6 Å². The number of phosphoric acid groups is 3. The van der Waals surface area contributed by atoms with Gasteiger partial charge in [0.25, 0.3) is 0 Å². The number of ether oxygens (including phenoxy) is 1. The summed E-state index contributed by atoms with van der Waals surface area (Å²) in [5, 5.41) is 30.3. The normalized spacial score (nSPS) is 29.0. The maximum absolute atomic E-state index is 12.0. The lowest BCUT2D eigenvalue weighted by molar-refractivity contribution is -0.0755. The molecule has 2 aromatic rings. The van der Waals surface area contributed by atoms with Crippen LogP contribution in [0.15, 0.2) is 12.7 Å². The highest BCUT2D eigenvalue weighted by atomic mass is 31.3. The Labute approximate surface area is 177 Å². The monoisotopic (exact) mass is 522 g/mol. The van der Waals surface area contributed by atoms with E-state index in [0.29, 0.717) is 0 Å². The summed E-state index contributed by atoms with van der Waals surface area (Å²) in [5.41, 5.74) is -0.0162. The first-order valence-electron chi connectivity index (χ1n) is 8.30. The van der Waals surface area contributed by atoms with Crippen molar-refractivity contribution < 1.29 is 66.5 Å². The number of imidazole rings is 1. The van der Waals surface area contributed by atoms with Crippen LogP contribution in [0.1, 0.15) is 13.2 Å². The third-order valence-corrected chi connectivity index (χ3v) is 7.99. The van der Waals surface area contributed by atoms with Crippen LogP contribution in [0.2, 0.25) is 0 Å². The average molecular weight is 522 g/mol. The molecule has 1 saturated heterocycles. The molecule has 0 aliphatic carbocycles. The van der Waals surface area contributed by atoms with Crippen LogP contribution in [-0.2, 0) is 31.6 Å². The van der Waals surface area contributed by atoms with Crippen molar-refractivity contribution in [2.45, 2.75) is 37.6 Å². The van der Waals surface area contributed by atoms with E-state index in [1.807, 2.05) is 0 Å². The van der Waals surface area contributed by atoms with Crippen molar-refractivity contribution in [2.75, 3.05) is 0 Å². The first-order valence-corrected chi connectivity index (χ1v) is 12.8. The lowest BCUT2D eigenvalue weighted by Crippen LogP contribution is -2.38. The molecule has 2 aromatic heterocycles. The van der Waals surface area contributed by atoms with Gasteiger partial charge in [-0.15, -0.1) is 0 Å². The minimum absolute atomic E-state index is 0.0231. The zero-order valence-corrected chi connectivity index (χ0v) is 18.3. The number of rotatable bonds is 8. The highest BCUT2D eigenvalue weighted by molar-refractivity contribution is 7.66. The van der Waals surface area contributed by atoms with Crippen LogP contribution in [-0.4, -0.2) is 78.8 Å². The fourth-order valence-electron chi connectivity index (χ4n) is 2.90. The van der Waals surface area contributed by atoms with Gasteiger partial charge in [0.05, 0.1) is 12.4 Å². The Hall–Kier alpha value is -1.36. The molecule has 32 heavy (non-hydrogen) atoms. The lowest BCUT2D eigenvalue weighted by Gasteiger charge is -2.24. The molecular weight excluding hydrogens is 505 g/mol. The summed E-state index contributed by atoms with van der Waals surface area (Å²) >= 11 is 0. The predicted molar refractivity (Wildman–Crippen MR) is 97.3 cm³/mol. The van der Waals surface area contributed by atoms with Crippen molar-refractivity contribution in [3.8, 4) is 5.88 Å². The Kier molecular flexibility index (Phi) is 6.93. The van der Waals surface area contributed by atoms with Crippen molar-refractivity contribution in [3.05, 3.63) is 12.7 Å². The molecule has 3 heterocycles. The number of phosphoric ester groups is 1. The second kappa shape index (κ2) is 8.77. The van der Waals surface area contributed by atoms with Crippen LogP contribution in [0.4, 0.5) is 0 Å². The van der Waals surface area contributed by atoms with Gasteiger partial charge < -0.3 is 39.6 Å². The molecule has 180 valence electrons. The largest absolute Gasteiger partial charge is 0.492 e. The van der Waals surface area contributed by atoms with Crippen LogP contribution >= 0.6 is 23.5 Å². The van der Waals surface area contributed by atoms with E-state index in [9.17, 15) is 38.8 Å². The maximum atomic E-state index is 12.0. The molecule has 1 aliphatic heterocycles. The van der Waals surface area contributed by atoms with Crippen LogP contribution in [0.25, 0.3) is 11.2 Å². The standard InChI is InChI=1S/C11H17N4O14P3/c1-4(27-31(22,23)29-32(24,25)28-30(19,20)21)8-6(16)7(17)11(26-8)15-3-14-5-9(15)12-2-13-10(5)18/h2-4,6-8,11,16-17H,1H3,(H,22,23)(H,24,25)(H,12,13,18)(H2,19,20,21)/t4?,6-,7+,8+,11+/m0/s1. The molecule has 0 radical (unpaired) electrons. The zero-order chi connectivity index (χ0) is 24.1. The van der Waals surface area contributed by atoms with Gasteiger partial charge in [-0.2, -0.15) is 13.6 Å². The van der Waals surface area contributed by atoms with E-state index in [4.69, 9.17) is 14.5 Å². The molecule has 0 saturated carbocycles. The van der Waals surface area contributed by atoms with Gasteiger partial charge in [-0.25, -0.2) is 23.7 Å². The van der Waals surface area contributed by atoms with Gasteiger partial charge in [0.15, 0.2) is 17.4 Å². The highest BCUT2D eigenvalue weighted by Gasteiger charge is 2.49. The van der Waals surface area contributed by atoms with Crippen LogP contribution in [0.5, 0.6) is 5.88 Å². The number of hydrogen-bond donors (Lipinski definition) is 7. The van der Waals surface area contributed by atoms with E-state index in [0.717, 1.165) is 24.1 Å². The molecule has 1 fully saturated rings. The number of fused-ring (bicyclic) bond motifs is 1. The first-order chi connectivity index (χ1) is 14.6. The number of aliphatic hydroxyl groups is 2. The number of aromatic nitrogens is 4. The molecule has 0 spiro atoms. The summed E-state index contributed by atoms with van der Waals surface area (Å²) in [6.45, 7) is 1.07. The second-order valence-electron chi connectivity index (χ2n) is 6.40. The summed E-state index contributed by atoms with van der Waals surface area (Å²) in [7, 11) is -16.8. The molecule has 1 aliphatic rings. The Bertz CT molecular complexity index is 1140. The van der Waals surface area contributed by atoms with E-state index in [2.05, 4.69) is 28.1 Å². The second-order valence-corrected chi connectivity index (χ2v) is 10.8. The van der Waals surface area contributed by atoms with Crippen LogP contribution < -0.4 is 0 Å². The van der Waals surface area contributed by atoms with E-state index < -0.39 is 60.0 Å². The molecule has 7 N–H and O–H groups in total. The number of nitrogens with zero attached hydrogens (tertiary/aromatic N) is 4. The Balaban J connectivity index is 1.75. The third-order valence-electron chi connectivity index (χ3n) is 4.07. The molecule has 0 amide bonds. The summed E-state index contributed by atoms with van der Waals surface area (Å²) in [4.78, 5) is 47.2. The van der Waals surface area contributed by atoms with Crippen LogP contribution in [0.3, 0.4) is 0 Å². The van der Waals surface area contributed by atoms with E-state index >= 15 is 0 Å². The van der Waals surface area contributed by atoms with Crippen molar-refractivity contribution in [3.63, 3.8) is 0 Å². The molecule has 3 unspecified atom stereocenters. The van der Waals surface area contributed by atoms with E-state index in [-0.39, 0.29) is 11.2 Å². The Morgan fingerprint density at radius 2 is 1.69 bits per heavy atom. The van der Waals surface area contributed by atoms with Gasteiger partial charge in [-0.3, -0.25) is 9.09 Å². The SMILES string of the molecule is CC(OP(=O)(O)OP(=O)(O)OP(=O)(O)O)[C@H]1O[C@@H](n2cnc3c(O)ncnc32)[C@H](O)[C@@H]1O. The Morgan fingerprint density at radius 1 is 1.03 bits per heavy atom. The number of aliphatic hydroxyl groups excluding tert-OH is 2. The van der Waals surface area contributed by atoms with Crippen LogP contribution in [0, 0.1) is 0 Å². The molecule has 21 heteroatoms. The molecule has 0 aromatic carbocycles. The summed E-state index contributed by atoms with van der Waals surface area (Å²) < 4.78 is 52.5. The van der Waals surface area contributed by atoms with Gasteiger partial charge in [0.2, 0.25) is 5.88 Å². The van der Waals surface area contributed by atoms with Crippen molar-refractivity contribution in [1.29, 1.82) is 0 Å². The maximum Gasteiger partial charge on any atom is 0.490 e.